The fourth-order valence-electron chi connectivity index (χ4n) is 0. The minimum absolute atomic E-state index is 0. The molecule has 30 valence electrons. The molecule has 6 heteroatoms. The SMILES string of the molecule is [B]OC(=O)O.[H-].[H-].[Na+].[Na+]. The first kappa shape index (κ1) is 15.8. The van der Waals surface area contributed by atoms with Crippen LogP contribution in [-0.4, -0.2) is 19.3 Å². The van der Waals surface area contributed by atoms with Crippen molar-refractivity contribution in [3.8, 4) is 0 Å². The van der Waals surface area contributed by atoms with Crippen molar-refractivity contribution in [1.82, 2.24) is 0 Å². The van der Waals surface area contributed by atoms with Gasteiger partial charge in [0, 0.05) is 0 Å². The normalized spacial score (nSPS) is 4.57. The van der Waals surface area contributed by atoms with Crippen LogP contribution in [0.2, 0.25) is 0 Å². The first-order valence-electron chi connectivity index (χ1n) is 0.868. The average molecular weight is 120 g/mol. The molecule has 0 aliphatic heterocycles. The Morgan fingerprint density at radius 1 is 1.71 bits per heavy atom. The van der Waals surface area contributed by atoms with E-state index in [2.05, 4.69) is 12.7 Å². The predicted molar refractivity (Wildman–Crippen MR) is 17.1 cm³/mol. The Bertz CT molecular complexity index is 55.1. The largest absolute Gasteiger partial charge is 1.00 e. The van der Waals surface area contributed by atoms with Crippen molar-refractivity contribution in [1.29, 1.82) is 0 Å². The maximum absolute atomic E-state index is 9.02. The van der Waals surface area contributed by atoms with Gasteiger partial charge in [-0.15, -0.1) is 0 Å². The summed E-state index contributed by atoms with van der Waals surface area (Å²) in [6.45, 7) is 0. The third-order valence-electron chi connectivity index (χ3n) is 0.101. The molecule has 0 atom stereocenters. The summed E-state index contributed by atoms with van der Waals surface area (Å²) in [5, 5.41) is 7.38. The Kier molecular flexibility index (Phi) is 23.3. The smallest absolute Gasteiger partial charge is 1.00 e. The van der Waals surface area contributed by atoms with Crippen LogP contribution in [0.1, 0.15) is 2.85 Å². The molecule has 0 saturated heterocycles. The van der Waals surface area contributed by atoms with Crippen molar-refractivity contribution in [3.05, 3.63) is 0 Å². The maximum atomic E-state index is 9.02. The van der Waals surface area contributed by atoms with Gasteiger partial charge in [0.2, 0.25) is 0 Å². The summed E-state index contributed by atoms with van der Waals surface area (Å²) in [5.74, 6) is 0. The molecule has 0 fully saturated rings. The standard InChI is InChI=1S/CHBO3.2Na.2H/c2-5-1(3)4;;;;/h(H,3,4);;;;/q;2*+1;2*-1. The van der Waals surface area contributed by atoms with Crippen LogP contribution in [-0.2, 0) is 4.65 Å². The van der Waals surface area contributed by atoms with Crippen molar-refractivity contribution < 1.29 is 76.5 Å². The first-order chi connectivity index (χ1) is 2.27. The Morgan fingerprint density at radius 3 is 1.86 bits per heavy atom. The molecule has 0 spiro atoms. The zero-order chi connectivity index (χ0) is 4.28. The van der Waals surface area contributed by atoms with E-state index in [0.29, 0.717) is 0 Å². The molecular weight excluding hydrogens is 117 g/mol. The van der Waals surface area contributed by atoms with Crippen LogP contribution in [0.15, 0.2) is 0 Å². The third-order valence-corrected chi connectivity index (χ3v) is 0.101. The zero-order valence-electron chi connectivity index (χ0n) is 6.34. The van der Waals surface area contributed by atoms with Gasteiger partial charge < -0.3 is 12.6 Å². The van der Waals surface area contributed by atoms with E-state index in [4.69, 9.17) is 9.90 Å². The molecule has 0 aromatic carbocycles. The molecule has 2 radical (unpaired) electrons. The van der Waals surface area contributed by atoms with Gasteiger partial charge >= 0.3 is 73.3 Å². The van der Waals surface area contributed by atoms with Gasteiger partial charge in [0.15, 0.2) is 0 Å². The topological polar surface area (TPSA) is 46.5 Å². The molecule has 0 heterocycles. The van der Waals surface area contributed by atoms with E-state index in [1.54, 1.807) is 0 Å². The fraction of sp³-hybridized carbons (Fsp3) is 0. The van der Waals surface area contributed by atoms with E-state index in [-0.39, 0.29) is 62.0 Å². The van der Waals surface area contributed by atoms with E-state index >= 15 is 0 Å². The van der Waals surface area contributed by atoms with Crippen molar-refractivity contribution >= 4 is 14.2 Å². The number of rotatable bonds is 0. The van der Waals surface area contributed by atoms with E-state index < -0.39 is 6.16 Å². The minimum Gasteiger partial charge on any atom is -1.00 e. The summed E-state index contributed by atoms with van der Waals surface area (Å²) in [7, 11) is 4.07. The van der Waals surface area contributed by atoms with Crippen LogP contribution < -0.4 is 59.1 Å². The first-order valence-corrected chi connectivity index (χ1v) is 0.868. The van der Waals surface area contributed by atoms with Gasteiger partial charge in [-0.2, -0.15) is 0 Å². The molecule has 0 bridgehead atoms. The minimum atomic E-state index is -1.47. The zero-order valence-corrected chi connectivity index (χ0v) is 8.34. The molecule has 0 unspecified atom stereocenters. The van der Waals surface area contributed by atoms with Gasteiger partial charge in [-0.3, -0.25) is 0 Å². The molecule has 3 nitrogen and oxygen atoms in total. The fourth-order valence-corrected chi connectivity index (χ4v) is 0. The van der Waals surface area contributed by atoms with Gasteiger partial charge in [-0.05, 0) is 0 Å². The average Bonchev–Trinajstić information content (AvgIpc) is 1.38. The van der Waals surface area contributed by atoms with Crippen molar-refractivity contribution in [2.45, 2.75) is 0 Å². The molecule has 0 aromatic rings. The summed E-state index contributed by atoms with van der Waals surface area (Å²) in [6.07, 6.45) is -1.47. The number of carboxylic acid groups (broad SMARTS) is 1. The predicted octanol–water partition coefficient (Wildman–Crippen LogP) is -6.00. The van der Waals surface area contributed by atoms with Crippen molar-refractivity contribution in [2.24, 2.45) is 0 Å². The van der Waals surface area contributed by atoms with E-state index in [9.17, 15) is 0 Å². The maximum Gasteiger partial charge on any atom is 1.00 e. The van der Waals surface area contributed by atoms with Crippen LogP contribution in [0.5, 0.6) is 0 Å². The van der Waals surface area contributed by atoms with Crippen LogP contribution >= 0.6 is 0 Å². The Labute approximate surface area is 89.8 Å². The molecule has 0 amide bonds. The summed E-state index contributed by atoms with van der Waals surface area (Å²) in [4.78, 5) is 9.02. The van der Waals surface area contributed by atoms with Gasteiger partial charge in [0.25, 0.3) is 0 Å². The molecule has 0 saturated carbocycles. The van der Waals surface area contributed by atoms with Crippen LogP contribution in [0, 0.1) is 0 Å². The number of hydrogen-bond acceptors (Lipinski definition) is 2. The molecule has 0 rings (SSSR count). The third kappa shape index (κ3) is 18.8. The molecule has 1 N–H and O–H groups in total. The van der Waals surface area contributed by atoms with E-state index in [0.717, 1.165) is 0 Å². The quantitative estimate of drug-likeness (QED) is 0.323. The van der Waals surface area contributed by atoms with E-state index in [1.807, 2.05) is 0 Å². The molecular formula is CH3BNa2O3. The Hall–Kier alpha value is 1.33. The second kappa shape index (κ2) is 10.3. The molecule has 0 aliphatic rings. The van der Waals surface area contributed by atoms with Crippen LogP contribution in [0.3, 0.4) is 0 Å². The van der Waals surface area contributed by atoms with E-state index in [1.165, 1.54) is 0 Å². The second-order valence-corrected chi connectivity index (χ2v) is 0.384. The number of hydrogen-bond donors (Lipinski definition) is 1. The monoisotopic (exact) mass is 120 g/mol. The van der Waals surface area contributed by atoms with Crippen LogP contribution in [0.25, 0.3) is 0 Å². The molecule has 0 aromatic heterocycles. The second-order valence-electron chi connectivity index (χ2n) is 0.384. The van der Waals surface area contributed by atoms with Gasteiger partial charge in [0.05, 0.1) is 0 Å². The van der Waals surface area contributed by atoms with Gasteiger partial charge in [0.1, 0.15) is 0 Å². The molecule has 7 heavy (non-hydrogen) atoms. The Morgan fingerprint density at radius 2 is 1.86 bits per heavy atom. The summed E-state index contributed by atoms with van der Waals surface area (Å²) in [5.41, 5.74) is 0. The van der Waals surface area contributed by atoms with Crippen molar-refractivity contribution in [2.75, 3.05) is 0 Å². The Balaban J connectivity index is -0.0000000133. The summed E-state index contributed by atoms with van der Waals surface area (Å²) < 4.78 is 3.17. The van der Waals surface area contributed by atoms with Crippen molar-refractivity contribution in [3.63, 3.8) is 0 Å². The summed E-state index contributed by atoms with van der Waals surface area (Å²) >= 11 is 0. The van der Waals surface area contributed by atoms with Gasteiger partial charge in [-0.1, -0.05) is 0 Å². The van der Waals surface area contributed by atoms with Gasteiger partial charge in [-0.25, -0.2) is 4.79 Å². The molecule has 0 aliphatic carbocycles. The summed E-state index contributed by atoms with van der Waals surface area (Å²) in [6, 6.07) is 0. The van der Waals surface area contributed by atoms with Crippen LogP contribution in [0.4, 0.5) is 4.79 Å². The number of carbonyl (C=O) groups is 1.